The molecule has 7 aromatic rings. The zero-order chi connectivity index (χ0) is 21.1. The van der Waals surface area contributed by atoms with Gasteiger partial charge in [-0.05, 0) is 46.5 Å². The summed E-state index contributed by atoms with van der Waals surface area (Å²) in [6.07, 6.45) is 0. The Bertz CT molecular complexity index is 1630. The third-order valence-electron chi connectivity index (χ3n) is 6.31. The molecule has 2 heteroatoms. The van der Waals surface area contributed by atoms with Crippen molar-refractivity contribution in [1.29, 1.82) is 0 Å². The summed E-state index contributed by atoms with van der Waals surface area (Å²) in [6, 6.07) is 39.9. The summed E-state index contributed by atoms with van der Waals surface area (Å²) in [5.74, 6) is 0. The van der Waals surface area contributed by atoms with Gasteiger partial charge in [0.2, 0.25) is 0 Å². The van der Waals surface area contributed by atoms with Gasteiger partial charge in [0.05, 0.1) is 0 Å². The Hall–Kier alpha value is -3.46. The van der Waals surface area contributed by atoms with E-state index in [0.29, 0.717) is 0 Å². The lowest BCUT2D eigenvalue weighted by Gasteiger charge is -2.08. The summed E-state index contributed by atoms with van der Waals surface area (Å²) < 4.78 is 5.40. The zero-order valence-corrected chi connectivity index (χ0v) is 18.8. The number of thiophene rings is 2. The van der Waals surface area contributed by atoms with Crippen LogP contribution in [0.1, 0.15) is 0 Å². The second kappa shape index (κ2) is 7.03. The van der Waals surface area contributed by atoms with Crippen molar-refractivity contribution < 1.29 is 0 Å². The van der Waals surface area contributed by atoms with Crippen LogP contribution in [0.5, 0.6) is 0 Å². The molecule has 0 aliphatic carbocycles. The highest BCUT2D eigenvalue weighted by Gasteiger charge is 2.13. The highest BCUT2D eigenvalue weighted by Crippen LogP contribution is 2.42. The standard InChI is InChI=1S/C30H18S2/c1-3-11-25-23(7-1)29-21(9-5-13-27(29)31-25)19-15-17-20(18-16-19)22-10-6-14-28-30(22)24-8-2-4-12-26(24)32-28/h1-18H. The SMILES string of the molecule is c1ccc2c(c1)sc1cccc(-c3ccc(-c4cccc5sc6ccccc6c45)cc3)c12. The highest BCUT2D eigenvalue weighted by atomic mass is 32.1. The lowest BCUT2D eigenvalue weighted by molar-refractivity contribution is 1.64. The average molecular weight is 443 g/mol. The molecule has 2 heterocycles. The van der Waals surface area contributed by atoms with Crippen molar-refractivity contribution in [2.45, 2.75) is 0 Å². The van der Waals surface area contributed by atoms with E-state index in [1.54, 1.807) is 0 Å². The number of fused-ring (bicyclic) bond motifs is 6. The van der Waals surface area contributed by atoms with Crippen molar-refractivity contribution in [3.05, 3.63) is 109 Å². The van der Waals surface area contributed by atoms with E-state index in [4.69, 9.17) is 0 Å². The first kappa shape index (κ1) is 18.1. The summed E-state index contributed by atoms with van der Waals surface area (Å²) >= 11 is 3.75. The van der Waals surface area contributed by atoms with E-state index in [-0.39, 0.29) is 0 Å². The first-order chi connectivity index (χ1) is 15.9. The van der Waals surface area contributed by atoms with Crippen molar-refractivity contribution in [3.63, 3.8) is 0 Å². The Morgan fingerprint density at radius 2 is 0.750 bits per heavy atom. The minimum atomic E-state index is 1.27. The maximum absolute atomic E-state index is 2.28. The Kier molecular flexibility index (Phi) is 3.98. The van der Waals surface area contributed by atoms with Crippen LogP contribution >= 0.6 is 22.7 Å². The molecule has 0 saturated carbocycles. The van der Waals surface area contributed by atoms with E-state index in [0.717, 1.165) is 0 Å². The molecule has 0 spiro atoms. The minimum Gasteiger partial charge on any atom is -0.135 e. The van der Waals surface area contributed by atoms with E-state index < -0.39 is 0 Å². The van der Waals surface area contributed by atoms with Gasteiger partial charge in [0, 0.05) is 40.3 Å². The van der Waals surface area contributed by atoms with Gasteiger partial charge in [0.15, 0.2) is 0 Å². The summed E-state index contributed by atoms with van der Waals surface area (Å²) in [5.41, 5.74) is 5.16. The van der Waals surface area contributed by atoms with Crippen LogP contribution in [-0.2, 0) is 0 Å². The lowest BCUT2D eigenvalue weighted by Crippen LogP contribution is -1.82. The topological polar surface area (TPSA) is 0 Å². The van der Waals surface area contributed by atoms with E-state index in [2.05, 4.69) is 109 Å². The molecular weight excluding hydrogens is 424 g/mol. The van der Waals surface area contributed by atoms with E-state index >= 15 is 0 Å². The minimum absolute atomic E-state index is 1.27. The second-order valence-corrected chi connectivity index (χ2v) is 10.3. The summed E-state index contributed by atoms with van der Waals surface area (Å²) in [4.78, 5) is 0. The first-order valence-corrected chi connectivity index (χ1v) is 12.4. The van der Waals surface area contributed by atoms with E-state index in [9.17, 15) is 0 Å². The fourth-order valence-corrected chi connectivity index (χ4v) is 7.12. The molecule has 0 aliphatic rings. The van der Waals surface area contributed by atoms with Crippen LogP contribution in [0.2, 0.25) is 0 Å². The molecule has 7 rings (SSSR count). The average Bonchev–Trinajstić information content (AvgIpc) is 3.42. The molecule has 0 amide bonds. The molecule has 0 aliphatic heterocycles. The number of benzene rings is 5. The van der Waals surface area contributed by atoms with Crippen molar-refractivity contribution in [2.75, 3.05) is 0 Å². The molecule has 0 atom stereocenters. The third-order valence-corrected chi connectivity index (χ3v) is 8.58. The predicted molar refractivity (Wildman–Crippen MR) is 143 cm³/mol. The number of hydrogen-bond donors (Lipinski definition) is 0. The summed E-state index contributed by atoms with van der Waals surface area (Å²) in [6.45, 7) is 0. The largest absolute Gasteiger partial charge is 0.135 e. The monoisotopic (exact) mass is 442 g/mol. The van der Waals surface area contributed by atoms with Crippen molar-refractivity contribution >= 4 is 63.0 Å². The van der Waals surface area contributed by atoms with Gasteiger partial charge < -0.3 is 0 Å². The summed E-state index contributed by atoms with van der Waals surface area (Å²) in [5, 5.41) is 5.43. The molecule has 150 valence electrons. The molecule has 0 unspecified atom stereocenters. The molecule has 0 radical (unpaired) electrons. The Morgan fingerprint density at radius 3 is 1.22 bits per heavy atom. The van der Waals surface area contributed by atoms with Gasteiger partial charge in [-0.3, -0.25) is 0 Å². The maximum Gasteiger partial charge on any atom is 0.0361 e. The Labute approximate surface area is 194 Å². The zero-order valence-electron chi connectivity index (χ0n) is 17.2. The van der Waals surface area contributed by atoms with Gasteiger partial charge in [0.25, 0.3) is 0 Å². The van der Waals surface area contributed by atoms with Crippen LogP contribution in [0.3, 0.4) is 0 Å². The fraction of sp³-hybridized carbons (Fsp3) is 0. The molecule has 0 fully saturated rings. The molecular formula is C30H18S2. The van der Waals surface area contributed by atoms with Crippen LogP contribution < -0.4 is 0 Å². The highest BCUT2D eigenvalue weighted by molar-refractivity contribution is 7.26. The van der Waals surface area contributed by atoms with Crippen LogP contribution in [-0.4, -0.2) is 0 Å². The van der Waals surface area contributed by atoms with E-state index in [1.165, 1.54) is 62.6 Å². The van der Waals surface area contributed by atoms with Gasteiger partial charge in [-0.2, -0.15) is 0 Å². The predicted octanol–water partition coefficient (Wildman–Crippen LogP) is 9.76. The van der Waals surface area contributed by atoms with Gasteiger partial charge in [0.1, 0.15) is 0 Å². The smallest absolute Gasteiger partial charge is 0.0361 e. The first-order valence-electron chi connectivity index (χ1n) is 10.8. The number of hydrogen-bond acceptors (Lipinski definition) is 2. The third kappa shape index (κ3) is 2.67. The van der Waals surface area contributed by atoms with Crippen LogP contribution in [0.15, 0.2) is 109 Å². The quantitative estimate of drug-likeness (QED) is 0.250. The normalized spacial score (nSPS) is 11.8. The molecule has 2 aromatic heterocycles. The Morgan fingerprint density at radius 1 is 0.344 bits per heavy atom. The van der Waals surface area contributed by atoms with Crippen molar-refractivity contribution in [3.8, 4) is 22.3 Å². The molecule has 0 saturated heterocycles. The molecule has 0 N–H and O–H groups in total. The maximum atomic E-state index is 2.28. The Balaban J connectivity index is 1.41. The van der Waals surface area contributed by atoms with Crippen LogP contribution in [0.4, 0.5) is 0 Å². The molecule has 32 heavy (non-hydrogen) atoms. The number of rotatable bonds is 2. The van der Waals surface area contributed by atoms with Gasteiger partial charge in [-0.25, -0.2) is 0 Å². The van der Waals surface area contributed by atoms with Gasteiger partial charge in [-0.15, -0.1) is 22.7 Å². The molecule has 0 nitrogen and oxygen atoms in total. The lowest BCUT2D eigenvalue weighted by atomic mass is 9.95. The fourth-order valence-electron chi connectivity index (χ4n) is 4.86. The van der Waals surface area contributed by atoms with Crippen LogP contribution in [0, 0.1) is 0 Å². The van der Waals surface area contributed by atoms with Crippen molar-refractivity contribution in [1.82, 2.24) is 0 Å². The van der Waals surface area contributed by atoms with Crippen LogP contribution in [0.25, 0.3) is 62.6 Å². The molecule has 5 aromatic carbocycles. The van der Waals surface area contributed by atoms with Gasteiger partial charge in [-0.1, -0.05) is 84.9 Å². The van der Waals surface area contributed by atoms with Crippen molar-refractivity contribution in [2.24, 2.45) is 0 Å². The van der Waals surface area contributed by atoms with E-state index in [1.807, 2.05) is 22.7 Å². The van der Waals surface area contributed by atoms with Gasteiger partial charge >= 0.3 is 0 Å². The summed E-state index contributed by atoms with van der Waals surface area (Å²) in [7, 11) is 0. The second-order valence-electron chi connectivity index (χ2n) is 8.13. The molecule has 0 bridgehead atoms.